The lowest BCUT2D eigenvalue weighted by Crippen LogP contribution is -2.26. The molecule has 0 fully saturated rings. The van der Waals surface area contributed by atoms with Crippen LogP contribution in [0.3, 0.4) is 0 Å². The van der Waals surface area contributed by atoms with E-state index in [0.717, 1.165) is 4.88 Å². The topological polar surface area (TPSA) is 81.4 Å². The van der Waals surface area contributed by atoms with Crippen molar-refractivity contribution in [1.82, 2.24) is 19.4 Å². The Labute approximate surface area is 143 Å². The number of aryl methyl sites for hydroxylation is 1. The van der Waals surface area contributed by atoms with Crippen LogP contribution < -0.4 is 4.74 Å². The predicted octanol–water partition coefficient (Wildman–Crippen LogP) is 2.78. The first-order valence-corrected chi connectivity index (χ1v) is 8.00. The van der Waals surface area contributed by atoms with E-state index in [1.165, 1.54) is 11.5 Å². The first kappa shape index (κ1) is 16.1. The minimum absolute atomic E-state index is 0.179. The molecule has 3 rings (SSSR count). The van der Waals surface area contributed by atoms with Gasteiger partial charge in [0.2, 0.25) is 5.88 Å². The van der Waals surface area contributed by atoms with E-state index in [0.29, 0.717) is 35.1 Å². The quantitative estimate of drug-likeness (QED) is 0.708. The molecule has 0 aromatic carbocycles. The Morgan fingerprint density at radius 1 is 1.42 bits per heavy atom. The number of pyridine rings is 1. The van der Waals surface area contributed by atoms with Gasteiger partial charge in [-0.1, -0.05) is 11.2 Å². The van der Waals surface area contributed by atoms with E-state index in [2.05, 4.69) is 14.5 Å². The fourth-order valence-corrected chi connectivity index (χ4v) is 3.00. The summed E-state index contributed by atoms with van der Waals surface area (Å²) in [5.74, 6) is 0.836. The summed E-state index contributed by atoms with van der Waals surface area (Å²) in [7, 11) is 3.29. The molecule has 0 aliphatic rings. The smallest absolute Gasteiger partial charge is 0.259 e. The third-order valence-electron chi connectivity index (χ3n) is 3.47. The summed E-state index contributed by atoms with van der Waals surface area (Å²) in [5, 5.41) is 4.00. The highest BCUT2D eigenvalue weighted by Gasteiger charge is 2.25. The maximum atomic E-state index is 12.9. The Bertz CT molecular complexity index is 844. The lowest BCUT2D eigenvalue weighted by Gasteiger charge is -2.15. The van der Waals surface area contributed by atoms with E-state index >= 15 is 0 Å². The monoisotopic (exact) mass is 344 g/mol. The number of aromatic nitrogens is 3. The summed E-state index contributed by atoms with van der Waals surface area (Å²) in [6, 6.07) is 7.26. The van der Waals surface area contributed by atoms with Crippen molar-refractivity contribution in [3.63, 3.8) is 0 Å². The molecule has 24 heavy (non-hydrogen) atoms. The van der Waals surface area contributed by atoms with Gasteiger partial charge in [-0.3, -0.25) is 9.78 Å². The van der Waals surface area contributed by atoms with Crippen LogP contribution in [0.5, 0.6) is 5.88 Å². The van der Waals surface area contributed by atoms with E-state index in [4.69, 9.17) is 9.26 Å². The first-order chi connectivity index (χ1) is 11.6. The largest absolute Gasteiger partial charge is 0.480 e. The van der Waals surface area contributed by atoms with E-state index in [1.54, 1.807) is 44.3 Å². The van der Waals surface area contributed by atoms with Crippen LogP contribution in [0.25, 0.3) is 11.4 Å². The molecule has 3 aromatic heterocycles. The molecule has 3 heterocycles. The lowest BCUT2D eigenvalue weighted by atomic mass is 10.1. The van der Waals surface area contributed by atoms with Crippen molar-refractivity contribution in [3.05, 3.63) is 46.7 Å². The molecule has 0 atom stereocenters. The standard InChI is InChI=1S/C16H16N4O3S/c1-10-14(15(18-23-10)12-6-4-5-7-17-12)16(21)20(2)9-11-8-13(22-3)19-24-11/h4-8H,9H2,1-3H3. The van der Waals surface area contributed by atoms with Crippen LogP contribution >= 0.6 is 11.5 Å². The fraction of sp³-hybridized carbons (Fsp3) is 0.250. The maximum Gasteiger partial charge on any atom is 0.259 e. The van der Waals surface area contributed by atoms with E-state index < -0.39 is 0 Å². The van der Waals surface area contributed by atoms with Crippen LogP contribution in [-0.2, 0) is 6.54 Å². The Morgan fingerprint density at radius 3 is 2.92 bits per heavy atom. The van der Waals surface area contributed by atoms with Gasteiger partial charge in [0.1, 0.15) is 17.0 Å². The van der Waals surface area contributed by atoms with Crippen molar-refractivity contribution >= 4 is 17.4 Å². The number of ether oxygens (including phenoxy) is 1. The summed E-state index contributed by atoms with van der Waals surface area (Å²) in [5.41, 5.74) is 1.48. The van der Waals surface area contributed by atoms with Gasteiger partial charge in [-0.25, -0.2) is 0 Å². The van der Waals surface area contributed by atoms with E-state index in [9.17, 15) is 4.79 Å². The van der Waals surface area contributed by atoms with Crippen LogP contribution in [0.15, 0.2) is 35.0 Å². The van der Waals surface area contributed by atoms with Gasteiger partial charge >= 0.3 is 0 Å². The molecule has 8 heteroatoms. The Kier molecular flexibility index (Phi) is 4.57. The number of hydrogen-bond acceptors (Lipinski definition) is 7. The molecule has 3 aromatic rings. The number of hydrogen-bond donors (Lipinski definition) is 0. The highest BCUT2D eigenvalue weighted by Crippen LogP contribution is 2.25. The third kappa shape index (κ3) is 3.13. The van der Waals surface area contributed by atoms with E-state index in [1.807, 2.05) is 12.1 Å². The molecule has 0 aliphatic carbocycles. The second-order valence-electron chi connectivity index (χ2n) is 5.17. The molecule has 0 aliphatic heterocycles. The second kappa shape index (κ2) is 6.79. The molecule has 124 valence electrons. The van der Waals surface area contributed by atoms with Crippen molar-refractivity contribution < 1.29 is 14.1 Å². The highest BCUT2D eigenvalue weighted by atomic mass is 32.1. The van der Waals surface area contributed by atoms with Crippen LogP contribution in [0.2, 0.25) is 0 Å². The number of carbonyl (C=O) groups is 1. The summed E-state index contributed by atoms with van der Waals surface area (Å²) in [6.07, 6.45) is 1.65. The van der Waals surface area contributed by atoms with Crippen LogP contribution in [0.4, 0.5) is 0 Å². The minimum Gasteiger partial charge on any atom is -0.480 e. The SMILES string of the molecule is COc1cc(CN(C)C(=O)c2c(-c3ccccn3)noc2C)sn1. The summed E-state index contributed by atoms with van der Waals surface area (Å²) < 4.78 is 14.4. The Morgan fingerprint density at radius 2 is 2.25 bits per heavy atom. The van der Waals surface area contributed by atoms with Gasteiger partial charge in [0.25, 0.3) is 5.91 Å². The average Bonchev–Trinajstić information content (AvgIpc) is 3.21. The molecule has 1 amide bonds. The lowest BCUT2D eigenvalue weighted by molar-refractivity contribution is 0.0785. The zero-order valence-corrected chi connectivity index (χ0v) is 14.3. The van der Waals surface area contributed by atoms with Crippen LogP contribution in [-0.4, -0.2) is 39.5 Å². The van der Waals surface area contributed by atoms with Crippen molar-refractivity contribution in [1.29, 1.82) is 0 Å². The normalized spacial score (nSPS) is 10.6. The molecule has 0 unspecified atom stereocenters. The first-order valence-electron chi connectivity index (χ1n) is 7.23. The van der Waals surface area contributed by atoms with Crippen molar-refractivity contribution in [2.45, 2.75) is 13.5 Å². The van der Waals surface area contributed by atoms with Crippen molar-refractivity contribution in [2.75, 3.05) is 14.2 Å². The zero-order chi connectivity index (χ0) is 17.1. The second-order valence-corrected chi connectivity index (χ2v) is 6.06. The van der Waals surface area contributed by atoms with E-state index in [-0.39, 0.29) is 5.91 Å². The molecular weight excluding hydrogens is 328 g/mol. The van der Waals surface area contributed by atoms with Crippen LogP contribution in [0, 0.1) is 6.92 Å². The fourth-order valence-electron chi connectivity index (χ4n) is 2.26. The highest BCUT2D eigenvalue weighted by molar-refractivity contribution is 7.05. The third-order valence-corrected chi connectivity index (χ3v) is 4.22. The summed E-state index contributed by atoms with van der Waals surface area (Å²) >= 11 is 1.30. The predicted molar refractivity (Wildman–Crippen MR) is 88.9 cm³/mol. The van der Waals surface area contributed by atoms with Crippen LogP contribution in [0.1, 0.15) is 21.0 Å². The zero-order valence-electron chi connectivity index (χ0n) is 13.5. The molecule has 0 spiro atoms. The summed E-state index contributed by atoms with van der Waals surface area (Å²) in [6.45, 7) is 2.14. The number of nitrogens with zero attached hydrogens (tertiary/aromatic N) is 4. The average molecular weight is 344 g/mol. The Balaban J connectivity index is 1.85. The molecule has 0 saturated heterocycles. The minimum atomic E-state index is -0.179. The van der Waals surface area contributed by atoms with Gasteiger partial charge in [0.15, 0.2) is 0 Å². The van der Waals surface area contributed by atoms with Gasteiger partial charge in [-0.15, -0.1) is 0 Å². The number of carbonyl (C=O) groups excluding carboxylic acids is 1. The van der Waals surface area contributed by atoms with Crippen molar-refractivity contribution in [3.8, 4) is 17.3 Å². The van der Waals surface area contributed by atoms with Gasteiger partial charge in [0, 0.05) is 24.2 Å². The number of rotatable bonds is 5. The molecule has 0 bridgehead atoms. The Hall–Kier alpha value is -2.74. The molecule has 0 N–H and O–H groups in total. The summed E-state index contributed by atoms with van der Waals surface area (Å²) in [4.78, 5) is 19.6. The van der Waals surface area contributed by atoms with Gasteiger partial charge in [-0.05, 0) is 30.6 Å². The molecule has 0 saturated carbocycles. The van der Waals surface area contributed by atoms with Crippen molar-refractivity contribution in [2.24, 2.45) is 0 Å². The molecule has 7 nitrogen and oxygen atoms in total. The maximum absolute atomic E-state index is 12.9. The molecular formula is C16H16N4O3S. The molecule has 0 radical (unpaired) electrons. The number of amides is 1. The number of methoxy groups -OCH3 is 1. The van der Waals surface area contributed by atoms with Gasteiger partial charge < -0.3 is 14.2 Å². The van der Waals surface area contributed by atoms with Gasteiger partial charge in [0.05, 0.1) is 19.3 Å². The van der Waals surface area contributed by atoms with Gasteiger partial charge in [-0.2, -0.15) is 4.37 Å².